The highest BCUT2D eigenvalue weighted by Gasteiger charge is 2.14. The lowest BCUT2D eigenvalue weighted by molar-refractivity contribution is -0.0164. The van der Waals surface area contributed by atoms with Crippen LogP contribution in [-0.4, -0.2) is 50.0 Å². The fraction of sp³-hybridized carbons (Fsp3) is 0.438. The molecule has 0 aliphatic heterocycles. The highest BCUT2D eigenvalue weighted by Crippen LogP contribution is 2.30. The molecule has 1 aromatic carbocycles. The molecule has 22 heavy (non-hydrogen) atoms. The van der Waals surface area contributed by atoms with Crippen molar-refractivity contribution < 1.29 is 14.3 Å². The summed E-state index contributed by atoms with van der Waals surface area (Å²) in [5.41, 5.74) is 2.20. The van der Waals surface area contributed by atoms with Gasteiger partial charge in [0.05, 0.1) is 0 Å². The van der Waals surface area contributed by atoms with Crippen molar-refractivity contribution in [3.63, 3.8) is 0 Å². The molecule has 1 heterocycles. The maximum absolute atomic E-state index is 11.2. The van der Waals surface area contributed by atoms with Crippen LogP contribution in [0.3, 0.4) is 0 Å². The molecule has 6 nitrogen and oxygen atoms in total. The van der Waals surface area contributed by atoms with Crippen LogP contribution in [-0.2, 0) is 11.2 Å². The van der Waals surface area contributed by atoms with E-state index in [1.165, 1.54) is 12.6 Å². The van der Waals surface area contributed by atoms with Crippen LogP contribution in [0.15, 0.2) is 24.4 Å². The van der Waals surface area contributed by atoms with Gasteiger partial charge >= 0.3 is 6.09 Å². The van der Waals surface area contributed by atoms with Crippen LogP contribution in [0.1, 0.15) is 12.5 Å². The topological polar surface area (TPSA) is 66.6 Å². The largest absolute Gasteiger partial charge is 0.454 e. The first kappa shape index (κ1) is 16.2. The zero-order chi connectivity index (χ0) is 16.1. The Morgan fingerprint density at radius 2 is 2.18 bits per heavy atom. The van der Waals surface area contributed by atoms with Gasteiger partial charge in [-0.15, -0.1) is 0 Å². The van der Waals surface area contributed by atoms with Crippen molar-refractivity contribution in [2.24, 2.45) is 0 Å². The minimum absolute atomic E-state index is 0.512. The lowest BCUT2D eigenvalue weighted by Gasteiger charge is -2.16. The number of hydrogen-bond donors (Lipinski definition) is 2. The van der Waals surface area contributed by atoms with E-state index in [2.05, 4.69) is 15.2 Å². The van der Waals surface area contributed by atoms with Gasteiger partial charge in [-0.25, -0.2) is 4.79 Å². The molecule has 1 amide bonds. The van der Waals surface area contributed by atoms with Crippen LogP contribution in [0.5, 0.6) is 5.75 Å². The highest BCUT2D eigenvalue weighted by atomic mass is 16.7. The van der Waals surface area contributed by atoms with Crippen molar-refractivity contribution in [3.05, 3.63) is 30.0 Å². The fourth-order valence-electron chi connectivity index (χ4n) is 2.27. The van der Waals surface area contributed by atoms with Gasteiger partial charge in [0.2, 0.25) is 6.29 Å². The minimum atomic E-state index is -0.665. The molecule has 2 aromatic rings. The molecule has 0 saturated carbocycles. The molecule has 0 fully saturated rings. The molecule has 2 rings (SSSR count). The van der Waals surface area contributed by atoms with Crippen LogP contribution in [0.2, 0.25) is 0 Å². The summed E-state index contributed by atoms with van der Waals surface area (Å²) in [5, 5.41) is 3.44. The van der Waals surface area contributed by atoms with Gasteiger partial charge in [0.25, 0.3) is 0 Å². The fourth-order valence-corrected chi connectivity index (χ4v) is 2.27. The molecule has 0 radical (unpaired) electrons. The van der Waals surface area contributed by atoms with Gasteiger partial charge in [0, 0.05) is 37.6 Å². The molecular formula is C16H23N3O3. The molecule has 0 spiro atoms. The number of ether oxygens (including phenoxy) is 2. The molecule has 1 atom stereocenters. The van der Waals surface area contributed by atoms with E-state index in [9.17, 15) is 4.79 Å². The predicted octanol–water partition coefficient (Wildman–Crippen LogP) is 2.35. The van der Waals surface area contributed by atoms with Crippen molar-refractivity contribution in [1.82, 2.24) is 15.2 Å². The highest BCUT2D eigenvalue weighted by molar-refractivity contribution is 5.89. The normalized spacial score (nSPS) is 12.4. The Bertz CT molecular complexity index is 637. The second-order valence-electron chi connectivity index (χ2n) is 5.39. The lowest BCUT2D eigenvalue weighted by Crippen LogP contribution is -2.27. The maximum atomic E-state index is 11.2. The minimum Gasteiger partial charge on any atom is -0.454 e. The molecule has 1 unspecified atom stereocenters. The first-order chi connectivity index (χ1) is 10.5. The quantitative estimate of drug-likeness (QED) is 0.804. The van der Waals surface area contributed by atoms with Crippen LogP contribution in [0, 0.1) is 0 Å². The summed E-state index contributed by atoms with van der Waals surface area (Å²) in [6.07, 6.45) is 1.74. The van der Waals surface area contributed by atoms with Crippen LogP contribution in [0.4, 0.5) is 4.79 Å². The number of likely N-dealkylation sites (N-methyl/N-ethyl adjacent to an activating group) is 1. The number of nitrogens with zero attached hydrogens (tertiary/aromatic N) is 1. The van der Waals surface area contributed by atoms with E-state index in [4.69, 9.17) is 9.47 Å². The number of fused-ring (bicyclic) bond motifs is 1. The Hall–Kier alpha value is -2.21. The number of aromatic nitrogens is 1. The van der Waals surface area contributed by atoms with Gasteiger partial charge < -0.3 is 24.7 Å². The second kappa shape index (κ2) is 7.17. The average molecular weight is 305 g/mol. The molecule has 0 saturated heterocycles. The van der Waals surface area contributed by atoms with E-state index < -0.39 is 12.4 Å². The third-order valence-electron chi connectivity index (χ3n) is 3.35. The number of amides is 1. The average Bonchev–Trinajstić information content (AvgIpc) is 2.89. The summed E-state index contributed by atoms with van der Waals surface area (Å²) in [6.45, 7) is 2.64. The first-order valence-electron chi connectivity index (χ1n) is 7.30. The zero-order valence-corrected chi connectivity index (χ0v) is 13.5. The van der Waals surface area contributed by atoms with E-state index in [0.29, 0.717) is 5.75 Å². The van der Waals surface area contributed by atoms with Crippen LogP contribution in [0.25, 0.3) is 10.9 Å². The Morgan fingerprint density at radius 3 is 2.86 bits per heavy atom. The number of rotatable bonds is 6. The molecule has 0 bridgehead atoms. The molecule has 6 heteroatoms. The van der Waals surface area contributed by atoms with Crippen molar-refractivity contribution >= 4 is 17.0 Å². The first-order valence-corrected chi connectivity index (χ1v) is 7.30. The van der Waals surface area contributed by atoms with Crippen LogP contribution < -0.4 is 10.1 Å². The van der Waals surface area contributed by atoms with Crippen LogP contribution >= 0.6 is 0 Å². The number of nitrogens with one attached hydrogen (secondary N) is 2. The lowest BCUT2D eigenvalue weighted by atomic mass is 10.1. The summed E-state index contributed by atoms with van der Waals surface area (Å²) in [5.74, 6) is 0.712. The number of carbonyl (C=O) groups is 1. The number of alkyl carbamates (subject to hydrolysis) is 1. The SMILES string of the molecule is CNC(=O)OC(C)Oc1cccc2[nH]cc(CCN(C)C)c12. The van der Waals surface area contributed by atoms with Crippen molar-refractivity contribution in [3.8, 4) is 5.75 Å². The molecular weight excluding hydrogens is 282 g/mol. The third-order valence-corrected chi connectivity index (χ3v) is 3.35. The van der Waals surface area contributed by atoms with E-state index in [0.717, 1.165) is 23.9 Å². The summed E-state index contributed by atoms with van der Waals surface area (Å²) < 4.78 is 10.9. The number of hydrogen-bond acceptors (Lipinski definition) is 4. The van der Waals surface area contributed by atoms with E-state index in [-0.39, 0.29) is 0 Å². The Labute approximate surface area is 130 Å². The third kappa shape index (κ3) is 3.92. The Kier molecular flexibility index (Phi) is 5.27. The summed E-state index contributed by atoms with van der Waals surface area (Å²) in [6, 6.07) is 5.81. The van der Waals surface area contributed by atoms with Gasteiger partial charge in [0.1, 0.15) is 5.75 Å². The van der Waals surface area contributed by atoms with E-state index in [1.54, 1.807) is 6.92 Å². The number of carbonyl (C=O) groups excluding carboxylic acids is 1. The summed E-state index contributed by atoms with van der Waals surface area (Å²) in [4.78, 5) is 16.6. The molecule has 0 aliphatic rings. The van der Waals surface area contributed by atoms with E-state index >= 15 is 0 Å². The monoisotopic (exact) mass is 305 g/mol. The van der Waals surface area contributed by atoms with Gasteiger partial charge in [-0.1, -0.05) is 6.07 Å². The zero-order valence-electron chi connectivity index (χ0n) is 13.5. The number of benzene rings is 1. The van der Waals surface area contributed by atoms with Crippen molar-refractivity contribution in [2.45, 2.75) is 19.6 Å². The Morgan fingerprint density at radius 1 is 1.41 bits per heavy atom. The number of H-pyrrole nitrogens is 1. The summed E-state index contributed by atoms with van der Waals surface area (Å²) in [7, 11) is 5.61. The van der Waals surface area contributed by atoms with Gasteiger partial charge in [-0.2, -0.15) is 0 Å². The Balaban J connectivity index is 2.21. The van der Waals surface area contributed by atoms with Gasteiger partial charge in [0.15, 0.2) is 0 Å². The maximum Gasteiger partial charge on any atom is 0.409 e. The molecule has 2 N–H and O–H groups in total. The number of aromatic amines is 1. The van der Waals surface area contributed by atoms with Crippen molar-refractivity contribution in [1.29, 1.82) is 0 Å². The summed E-state index contributed by atoms with van der Waals surface area (Å²) >= 11 is 0. The predicted molar refractivity (Wildman–Crippen MR) is 86.2 cm³/mol. The van der Waals surface area contributed by atoms with Gasteiger partial charge in [-0.3, -0.25) is 0 Å². The van der Waals surface area contributed by atoms with Crippen molar-refractivity contribution in [2.75, 3.05) is 27.7 Å². The smallest absolute Gasteiger partial charge is 0.409 e. The second-order valence-corrected chi connectivity index (χ2v) is 5.39. The molecule has 120 valence electrons. The van der Waals surface area contributed by atoms with E-state index in [1.807, 2.05) is 38.5 Å². The van der Waals surface area contributed by atoms with Gasteiger partial charge in [-0.05, 0) is 38.2 Å². The standard InChI is InChI=1S/C16H23N3O3/c1-11(22-16(20)17-2)21-14-7-5-6-13-15(14)12(10-18-13)8-9-19(3)4/h5-7,10-11,18H,8-9H2,1-4H3,(H,17,20). The molecule has 1 aromatic heterocycles. The molecule has 0 aliphatic carbocycles.